The van der Waals surface area contributed by atoms with E-state index in [1.165, 1.54) is 0 Å². The van der Waals surface area contributed by atoms with Crippen LogP contribution in [-0.4, -0.2) is 28.7 Å². The minimum atomic E-state index is -3.80. The quantitative estimate of drug-likeness (QED) is 0.717. The van der Waals surface area contributed by atoms with Gasteiger partial charge in [0.05, 0.1) is 25.2 Å². The molecule has 1 unspecified atom stereocenters. The van der Waals surface area contributed by atoms with E-state index in [9.17, 15) is 8.42 Å². The Balaban J connectivity index is 2.15. The number of rotatable bonds is 7. The normalized spacial score (nSPS) is 12.7. The molecule has 2 rings (SSSR count). The van der Waals surface area contributed by atoms with Gasteiger partial charge in [-0.05, 0) is 44.2 Å². The van der Waals surface area contributed by atoms with E-state index in [4.69, 9.17) is 13.7 Å². The van der Waals surface area contributed by atoms with Gasteiger partial charge in [-0.3, -0.25) is 4.18 Å². The predicted molar refractivity (Wildman–Crippen MR) is 92.2 cm³/mol. The first-order chi connectivity index (χ1) is 11.4. The van der Waals surface area contributed by atoms with E-state index in [2.05, 4.69) is 0 Å². The van der Waals surface area contributed by atoms with E-state index in [1.54, 1.807) is 57.5 Å². The lowest BCUT2D eigenvalue weighted by Gasteiger charge is -2.16. The molecule has 0 aliphatic carbocycles. The SMILES string of the molecule is COc1ccc(OC)c(CC(C)OS(=O)(=O)c2ccc(C)cc2)c1. The molecule has 0 N–H and O–H groups in total. The number of hydrogen-bond donors (Lipinski definition) is 0. The first-order valence-electron chi connectivity index (χ1n) is 7.56. The molecule has 24 heavy (non-hydrogen) atoms. The van der Waals surface area contributed by atoms with Gasteiger partial charge in [0.2, 0.25) is 0 Å². The highest BCUT2D eigenvalue weighted by Crippen LogP contribution is 2.26. The fraction of sp³-hybridized carbons (Fsp3) is 0.333. The number of aryl methyl sites for hydroxylation is 1. The highest BCUT2D eigenvalue weighted by molar-refractivity contribution is 7.86. The molecule has 0 aliphatic rings. The zero-order chi connectivity index (χ0) is 17.7. The van der Waals surface area contributed by atoms with Crippen LogP contribution < -0.4 is 9.47 Å². The van der Waals surface area contributed by atoms with E-state index in [-0.39, 0.29) is 4.90 Å². The molecule has 130 valence electrons. The van der Waals surface area contributed by atoms with Gasteiger partial charge < -0.3 is 9.47 Å². The summed E-state index contributed by atoms with van der Waals surface area (Å²) in [7, 11) is -0.658. The molecular formula is C18H22O5S. The second-order valence-corrected chi connectivity index (χ2v) is 7.13. The van der Waals surface area contributed by atoms with Crippen LogP contribution in [0.15, 0.2) is 47.4 Å². The first kappa shape index (κ1) is 18.3. The second kappa shape index (κ2) is 7.68. The second-order valence-electron chi connectivity index (χ2n) is 5.56. The van der Waals surface area contributed by atoms with Gasteiger partial charge in [-0.15, -0.1) is 0 Å². The lowest BCUT2D eigenvalue weighted by molar-refractivity contribution is 0.227. The van der Waals surface area contributed by atoms with Crippen LogP contribution in [0.25, 0.3) is 0 Å². The molecule has 0 saturated carbocycles. The van der Waals surface area contributed by atoms with E-state index in [1.807, 2.05) is 13.0 Å². The Hall–Kier alpha value is -2.05. The van der Waals surface area contributed by atoms with Crippen molar-refractivity contribution < 1.29 is 22.1 Å². The molecule has 0 bridgehead atoms. The van der Waals surface area contributed by atoms with Crippen molar-refractivity contribution in [3.63, 3.8) is 0 Å². The Morgan fingerprint density at radius 1 is 1.00 bits per heavy atom. The average molecular weight is 350 g/mol. The lowest BCUT2D eigenvalue weighted by atomic mass is 10.1. The van der Waals surface area contributed by atoms with Crippen molar-refractivity contribution in [3.05, 3.63) is 53.6 Å². The molecule has 0 aliphatic heterocycles. The zero-order valence-electron chi connectivity index (χ0n) is 14.3. The van der Waals surface area contributed by atoms with Crippen LogP contribution in [0.2, 0.25) is 0 Å². The average Bonchev–Trinajstić information content (AvgIpc) is 2.54. The molecule has 0 fully saturated rings. The highest BCUT2D eigenvalue weighted by atomic mass is 32.2. The molecule has 2 aromatic rings. The number of hydrogen-bond acceptors (Lipinski definition) is 5. The fourth-order valence-corrected chi connectivity index (χ4v) is 3.44. The molecule has 5 nitrogen and oxygen atoms in total. The Morgan fingerprint density at radius 2 is 1.67 bits per heavy atom. The third kappa shape index (κ3) is 4.49. The smallest absolute Gasteiger partial charge is 0.297 e. The summed E-state index contributed by atoms with van der Waals surface area (Å²) in [6.07, 6.45) is -0.164. The van der Waals surface area contributed by atoms with Crippen molar-refractivity contribution in [2.45, 2.75) is 31.3 Å². The molecule has 0 amide bonds. The summed E-state index contributed by atoms with van der Waals surface area (Å²) in [5.41, 5.74) is 1.81. The largest absolute Gasteiger partial charge is 0.497 e. The van der Waals surface area contributed by atoms with Crippen molar-refractivity contribution in [1.29, 1.82) is 0 Å². The molecule has 0 aromatic heterocycles. The summed E-state index contributed by atoms with van der Waals surface area (Å²) in [6.45, 7) is 3.61. The maximum absolute atomic E-state index is 12.3. The maximum atomic E-state index is 12.3. The topological polar surface area (TPSA) is 61.8 Å². The summed E-state index contributed by atoms with van der Waals surface area (Å²) >= 11 is 0. The molecule has 0 saturated heterocycles. The van der Waals surface area contributed by atoms with Gasteiger partial charge >= 0.3 is 0 Å². The summed E-state index contributed by atoms with van der Waals surface area (Å²) in [4.78, 5) is 0.151. The molecular weight excluding hydrogens is 328 g/mol. The van der Waals surface area contributed by atoms with Gasteiger partial charge in [0.1, 0.15) is 11.5 Å². The van der Waals surface area contributed by atoms with Crippen molar-refractivity contribution in [1.82, 2.24) is 0 Å². The lowest BCUT2D eigenvalue weighted by Crippen LogP contribution is -2.18. The monoisotopic (exact) mass is 350 g/mol. The van der Waals surface area contributed by atoms with Crippen LogP contribution in [0.3, 0.4) is 0 Å². The first-order valence-corrected chi connectivity index (χ1v) is 8.97. The Morgan fingerprint density at radius 3 is 2.25 bits per heavy atom. The molecule has 0 heterocycles. The van der Waals surface area contributed by atoms with Crippen LogP contribution >= 0.6 is 0 Å². The van der Waals surface area contributed by atoms with E-state index in [0.29, 0.717) is 17.9 Å². The van der Waals surface area contributed by atoms with Gasteiger partial charge in [0, 0.05) is 12.0 Å². The highest BCUT2D eigenvalue weighted by Gasteiger charge is 2.20. The van der Waals surface area contributed by atoms with Gasteiger partial charge in [-0.2, -0.15) is 8.42 Å². The van der Waals surface area contributed by atoms with E-state index in [0.717, 1.165) is 11.1 Å². The zero-order valence-corrected chi connectivity index (χ0v) is 15.1. The minimum absolute atomic E-state index is 0.151. The molecule has 0 radical (unpaired) electrons. The minimum Gasteiger partial charge on any atom is -0.497 e. The standard InChI is InChI=1S/C18H22O5S/c1-13-5-8-17(9-6-13)24(19,20)23-14(2)11-15-12-16(21-3)7-10-18(15)22-4/h5-10,12,14H,11H2,1-4H3. The van der Waals surface area contributed by atoms with Crippen LogP contribution in [0, 0.1) is 6.92 Å². The van der Waals surface area contributed by atoms with Crippen molar-refractivity contribution in [3.8, 4) is 11.5 Å². The third-order valence-corrected chi connectivity index (χ3v) is 5.03. The summed E-state index contributed by atoms with van der Waals surface area (Å²) < 4.78 is 40.5. The predicted octanol–water partition coefficient (Wildman–Crippen LogP) is 3.35. The van der Waals surface area contributed by atoms with Crippen molar-refractivity contribution >= 4 is 10.1 Å². The Bertz CT molecular complexity index is 782. The van der Waals surface area contributed by atoms with Gasteiger partial charge in [0.15, 0.2) is 0 Å². The molecule has 1 atom stereocenters. The summed E-state index contributed by atoms with van der Waals surface area (Å²) in [6, 6.07) is 12.0. The maximum Gasteiger partial charge on any atom is 0.297 e. The van der Waals surface area contributed by atoms with Gasteiger partial charge in [-0.1, -0.05) is 17.7 Å². The molecule has 0 spiro atoms. The molecule has 2 aromatic carbocycles. The Labute approximate surface area is 143 Å². The van der Waals surface area contributed by atoms with Gasteiger partial charge in [0.25, 0.3) is 10.1 Å². The van der Waals surface area contributed by atoms with Crippen LogP contribution in [0.4, 0.5) is 0 Å². The van der Waals surface area contributed by atoms with E-state index >= 15 is 0 Å². The van der Waals surface area contributed by atoms with E-state index < -0.39 is 16.2 Å². The van der Waals surface area contributed by atoms with Crippen LogP contribution in [0.5, 0.6) is 11.5 Å². The number of benzene rings is 2. The van der Waals surface area contributed by atoms with Crippen molar-refractivity contribution in [2.24, 2.45) is 0 Å². The third-order valence-electron chi connectivity index (χ3n) is 3.60. The molecule has 6 heteroatoms. The van der Waals surface area contributed by atoms with Crippen LogP contribution in [0.1, 0.15) is 18.1 Å². The fourth-order valence-electron chi connectivity index (χ4n) is 2.36. The van der Waals surface area contributed by atoms with Crippen molar-refractivity contribution in [2.75, 3.05) is 14.2 Å². The number of methoxy groups -OCH3 is 2. The van der Waals surface area contributed by atoms with Gasteiger partial charge in [-0.25, -0.2) is 0 Å². The number of ether oxygens (including phenoxy) is 2. The summed E-state index contributed by atoms with van der Waals surface area (Å²) in [5, 5.41) is 0. The summed E-state index contributed by atoms with van der Waals surface area (Å²) in [5.74, 6) is 1.35. The van der Waals surface area contributed by atoms with Crippen LogP contribution in [-0.2, 0) is 20.7 Å². The Kier molecular flexibility index (Phi) is 5.85.